The van der Waals surface area contributed by atoms with Crippen molar-refractivity contribution < 1.29 is 9.53 Å². The predicted octanol–water partition coefficient (Wildman–Crippen LogP) is 3.25. The quantitative estimate of drug-likeness (QED) is 0.629. The van der Waals surface area contributed by atoms with Crippen molar-refractivity contribution in [2.45, 2.75) is 39.7 Å². The van der Waals surface area contributed by atoms with Crippen LogP contribution in [0.3, 0.4) is 0 Å². The van der Waals surface area contributed by atoms with Crippen LogP contribution in [-0.2, 0) is 4.74 Å². The first-order valence-electron chi connectivity index (χ1n) is 6.06. The number of ether oxygens (including phenoxy) is 1. The summed E-state index contributed by atoms with van der Waals surface area (Å²) in [6.45, 7) is 6.23. The van der Waals surface area contributed by atoms with E-state index >= 15 is 0 Å². The number of carbonyl (C=O) groups excluding carboxylic acids is 1. The highest BCUT2D eigenvalue weighted by atomic mass is 16.5. The molecule has 3 heteroatoms. The number of hydrogen-bond acceptors (Lipinski definition) is 3. The Bertz CT molecular complexity index is 374. The number of benzene rings is 1. The highest BCUT2D eigenvalue weighted by molar-refractivity contribution is 5.95. The summed E-state index contributed by atoms with van der Waals surface area (Å²) in [5, 5.41) is 0. The molecule has 0 aliphatic heterocycles. The second-order valence-electron chi connectivity index (χ2n) is 4.77. The maximum atomic E-state index is 11.8. The molecule has 94 valence electrons. The maximum absolute atomic E-state index is 11.8. The van der Waals surface area contributed by atoms with Crippen molar-refractivity contribution in [1.29, 1.82) is 0 Å². The molecule has 0 amide bonds. The molecule has 0 spiro atoms. The maximum Gasteiger partial charge on any atom is 0.340 e. The Morgan fingerprint density at radius 2 is 1.88 bits per heavy atom. The first-order chi connectivity index (χ1) is 8.00. The lowest BCUT2D eigenvalue weighted by molar-refractivity contribution is 0.0315. The molecular weight excluding hydrogens is 214 g/mol. The topological polar surface area (TPSA) is 52.3 Å². The fourth-order valence-corrected chi connectivity index (χ4v) is 1.56. The van der Waals surface area contributed by atoms with Gasteiger partial charge in [0.25, 0.3) is 0 Å². The summed E-state index contributed by atoms with van der Waals surface area (Å²) in [6, 6.07) is 6.97. The van der Waals surface area contributed by atoms with E-state index in [9.17, 15) is 4.79 Å². The van der Waals surface area contributed by atoms with Crippen molar-refractivity contribution >= 4 is 11.7 Å². The fraction of sp³-hybridized carbons (Fsp3) is 0.500. The van der Waals surface area contributed by atoms with Crippen molar-refractivity contribution in [3.8, 4) is 0 Å². The van der Waals surface area contributed by atoms with Crippen molar-refractivity contribution in [3.05, 3.63) is 29.8 Å². The molecule has 3 nitrogen and oxygen atoms in total. The fourth-order valence-electron chi connectivity index (χ4n) is 1.56. The van der Waals surface area contributed by atoms with Gasteiger partial charge in [0.05, 0.1) is 11.7 Å². The van der Waals surface area contributed by atoms with Gasteiger partial charge < -0.3 is 10.5 Å². The van der Waals surface area contributed by atoms with Crippen LogP contribution in [0, 0.1) is 5.92 Å². The summed E-state index contributed by atoms with van der Waals surface area (Å²) in [4.78, 5) is 11.8. The van der Waals surface area contributed by atoms with Crippen LogP contribution in [0.25, 0.3) is 0 Å². The molecule has 2 N–H and O–H groups in total. The average molecular weight is 235 g/mol. The van der Waals surface area contributed by atoms with Crippen LogP contribution in [0.4, 0.5) is 5.69 Å². The van der Waals surface area contributed by atoms with Gasteiger partial charge in [-0.3, -0.25) is 0 Å². The molecule has 1 aromatic rings. The van der Waals surface area contributed by atoms with Gasteiger partial charge in [-0.15, -0.1) is 0 Å². The highest BCUT2D eigenvalue weighted by Crippen LogP contribution is 2.15. The smallest absolute Gasteiger partial charge is 0.340 e. The number of carbonyl (C=O) groups is 1. The molecule has 1 unspecified atom stereocenters. The molecule has 17 heavy (non-hydrogen) atoms. The number of rotatable bonds is 5. The molecule has 1 rings (SSSR count). The second-order valence-corrected chi connectivity index (χ2v) is 4.77. The summed E-state index contributed by atoms with van der Waals surface area (Å²) in [6.07, 6.45) is 1.87. The van der Waals surface area contributed by atoms with Gasteiger partial charge in [-0.05, 0) is 37.8 Å². The third-order valence-corrected chi connectivity index (χ3v) is 2.64. The van der Waals surface area contributed by atoms with Crippen molar-refractivity contribution in [2.75, 3.05) is 5.73 Å². The third kappa shape index (κ3) is 4.47. The Hall–Kier alpha value is -1.51. The van der Waals surface area contributed by atoms with Gasteiger partial charge in [0.1, 0.15) is 0 Å². The van der Waals surface area contributed by atoms with Crippen molar-refractivity contribution in [2.24, 2.45) is 5.92 Å². The normalized spacial score (nSPS) is 12.5. The second kappa shape index (κ2) is 6.28. The molecule has 0 radical (unpaired) electrons. The SMILES string of the molecule is CC(C)CCC(C)OC(=O)c1ccccc1N. The number of nitrogen functional groups attached to an aromatic ring is 1. The van der Waals surface area contributed by atoms with E-state index in [4.69, 9.17) is 10.5 Å². The zero-order valence-corrected chi connectivity index (χ0v) is 10.8. The lowest BCUT2D eigenvalue weighted by atomic mass is 10.1. The lowest BCUT2D eigenvalue weighted by Gasteiger charge is -2.15. The molecule has 0 aromatic heterocycles. The van der Waals surface area contributed by atoms with Gasteiger partial charge in [-0.2, -0.15) is 0 Å². The monoisotopic (exact) mass is 235 g/mol. The molecular formula is C14H21NO2. The van der Waals surface area contributed by atoms with Gasteiger partial charge in [0.2, 0.25) is 0 Å². The largest absolute Gasteiger partial charge is 0.459 e. The van der Waals surface area contributed by atoms with Crippen LogP contribution in [0.1, 0.15) is 44.0 Å². The molecule has 1 aromatic carbocycles. The Labute approximate surface area is 103 Å². The Kier molecular flexibility index (Phi) is 5.01. The van der Waals surface area contributed by atoms with Crippen LogP contribution in [0.5, 0.6) is 0 Å². The van der Waals surface area contributed by atoms with Crippen molar-refractivity contribution in [1.82, 2.24) is 0 Å². The minimum atomic E-state index is -0.334. The Morgan fingerprint density at radius 3 is 2.47 bits per heavy atom. The number of nitrogens with two attached hydrogens (primary N) is 1. The number of anilines is 1. The highest BCUT2D eigenvalue weighted by Gasteiger charge is 2.14. The van der Waals surface area contributed by atoms with Crippen LogP contribution in [-0.4, -0.2) is 12.1 Å². The van der Waals surface area contributed by atoms with Gasteiger partial charge in [0.15, 0.2) is 0 Å². The van der Waals surface area contributed by atoms with E-state index in [-0.39, 0.29) is 12.1 Å². The number of esters is 1. The Balaban J connectivity index is 2.52. The summed E-state index contributed by atoms with van der Waals surface area (Å²) in [7, 11) is 0. The molecule has 0 aliphatic rings. The van der Waals surface area contributed by atoms with E-state index in [1.807, 2.05) is 6.92 Å². The van der Waals surface area contributed by atoms with Crippen LogP contribution >= 0.6 is 0 Å². The van der Waals surface area contributed by atoms with E-state index in [0.29, 0.717) is 17.2 Å². The lowest BCUT2D eigenvalue weighted by Crippen LogP contribution is -2.16. The zero-order chi connectivity index (χ0) is 12.8. The first kappa shape index (κ1) is 13.6. The third-order valence-electron chi connectivity index (χ3n) is 2.64. The molecule has 0 heterocycles. The molecule has 0 aliphatic carbocycles. The van der Waals surface area contributed by atoms with Crippen molar-refractivity contribution in [3.63, 3.8) is 0 Å². The van der Waals surface area contributed by atoms with E-state index < -0.39 is 0 Å². The van der Waals surface area contributed by atoms with Crippen LogP contribution in [0.15, 0.2) is 24.3 Å². The van der Waals surface area contributed by atoms with Crippen LogP contribution in [0.2, 0.25) is 0 Å². The van der Waals surface area contributed by atoms with Gasteiger partial charge in [0, 0.05) is 5.69 Å². The molecule has 0 fully saturated rings. The van der Waals surface area contributed by atoms with Crippen LogP contribution < -0.4 is 5.73 Å². The molecule has 1 atom stereocenters. The van der Waals surface area contributed by atoms with E-state index in [1.165, 1.54) is 0 Å². The summed E-state index contributed by atoms with van der Waals surface area (Å²) < 4.78 is 5.35. The molecule has 0 saturated heterocycles. The summed E-state index contributed by atoms with van der Waals surface area (Å²) in [5.41, 5.74) is 6.63. The zero-order valence-electron chi connectivity index (χ0n) is 10.8. The van der Waals surface area contributed by atoms with Gasteiger partial charge in [-0.25, -0.2) is 4.79 Å². The Morgan fingerprint density at radius 1 is 1.24 bits per heavy atom. The van der Waals surface area contributed by atoms with E-state index in [2.05, 4.69) is 13.8 Å². The first-order valence-corrected chi connectivity index (χ1v) is 6.06. The van der Waals surface area contributed by atoms with Gasteiger partial charge in [-0.1, -0.05) is 26.0 Å². The number of para-hydroxylation sites is 1. The average Bonchev–Trinajstić information content (AvgIpc) is 2.26. The summed E-state index contributed by atoms with van der Waals surface area (Å²) in [5.74, 6) is 0.289. The molecule has 0 bridgehead atoms. The van der Waals surface area contributed by atoms with E-state index in [1.54, 1.807) is 24.3 Å². The standard InChI is InChI=1S/C14H21NO2/c1-10(2)8-9-11(3)17-14(16)12-6-4-5-7-13(12)15/h4-7,10-11H,8-9,15H2,1-3H3. The predicted molar refractivity (Wildman–Crippen MR) is 69.8 cm³/mol. The molecule has 0 saturated carbocycles. The van der Waals surface area contributed by atoms with E-state index in [0.717, 1.165) is 12.8 Å². The summed E-state index contributed by atoms with van der Waals surface area (Å²) >= 11 is 0. The van der Waals surface area contributed by atoms with Gasteiger partial charge >= 0.3 is 5.97 Å². The minimum Gasteiger partial charge on any atom is -0.459 e. The minimum absolute atomic E-state index is 0.0653. The number of hydrogen-bond donors (Lipinski definition) is 1.